The van der Waals surface area contributed by atoms with Crippen molar-refractivity contribution in [1.29, 1.82) is 0 Å². The fraction of sp³-hybridized carbons (Fsp3) is 0.632. The van der Waals surface area contributed by atoms with Crippen LogP contribution in [0.5, 0.6) is 0 Å². The van der Waals surface area contributed by atoms with Gasteiger partial charge in [-0.15, -0.1) is 0 Å². The lowest BCUT2D eigenvalue weighted by molar-refractivity contribution is -0.918. The van der Waals surface area contributed by atoms with Crippen LogP contribution in [0, 0.1) is 6.92 Å². The molecule has 0 amide bonds. The first-order valence-electron chi connectivity index (χ1n) is 8.49. The number of aryl methyl sites for hydroxylation is 1. The van der Waals surface area contributed by atoms with E-state index >= 15 is 0 Å². The quantitative estimate of drug-likeness (QED) is 0.608. The molecular formula is C19H30NO2+. The van der Waals surface area contributed by atoms with Crippen molar-refractivity contribution in [2.45, 2.75) is 58.1 Å². The second-order valence-corrected chi connectivity index (χ2v) is 7.34. The molecule has 122 valence electrons. The van der Waals surface area contributed by atoms with Crippen LogP contribution in [0.15, 0.2) is 24.3 Å². The third-order valence-electron chi connectivity index (χ3n) is 4.89. The molecule has 1 saturated carbocycles. The molecule has 1 unspecified atom stereocenters. The molecule has 0 aromatic heterocycles. The molecule has 1 atom stereocenters. The molecule has 22 heavy (non-hydrogen) atoms. The van der Waals surface area contributed by atoms with Gasteiger partial charge in [-0.2, -0.15) is 0 Å². The first kappa shape index (κ1) is 17.0. The van der Waals surface area contributed by atoms with Crippen molar-refractivity contribution < 1.29 is 14.0 Å². The predicted molar refractivity (Wildman–Crippen MR) is 89.9 cm³/mol. The third-order valence-corrected chi connectivity index (χ3v) is 4.89. The summed E-state index contributed by atoms with van der Waals surface area (Å²) in [6.45, 7) is 4.90. The number of quaternary nitrogens is 1. The first-order valence-corrected chi connectivity index (χ1v) is 8.49. The number of hydrogen-bond acceptors (Lipinski definition) is 2. The summed E-state index contributed by atoms with van der Waals surface area (Å²) in [6.07, 6.45) is 6.57. The van der Waals surface area contributed by atoms with Crippen LogP contribution in [-0.4, -0.2) is 43.2 Å². The summed E-state index contributed by atoms with van der Waals surface area (Å²) in [5.74, 6) is -0.212. The number of hydrogen-bond donors (Lipinski definition) is 0. The smallest absolute Gasteiger partial charge is 0.338 e. The lowest BCUT2D eigenvalue weighted by Crippen LogP contribution is -2.53. The van der Waals surface area contributed by atoms with Crippen molar-refractivity contribution >= 4 is 5.97 Å². The Morgan fingerprint density at radius 1 is 1.18 bits per heavy atom. The number of benzene rings is 1. The SMILES string of the molecule is Cc1ccc(C(=O)OC(C)C[N+](C)(C)C2CCCCC2)cc1. The largest absolute Gasteiger partial charge is 0.453 e. The van der Waals surface area contributed by atoms with Crippen LogP contribution in [0.1, 0.15) is 54.9 Å². The van der Waals surface area contributed by atoms with Gasteiger partial charge in [0, 0.05) is 0 Å². The topological polar surface area (TPSA) is 26.3 Å². The average molecular weight is 304 g/mol. The zero-order chi connectivity index (χ0) is 16.2. The molecule has 1 aliphatic rings. The van der Waals surface area contributed by atoms with E-state index in [0.717, 1.165) is 16.6 Å². The Bertz CT molecular complexity index is 487. The highest BCUT2D eigenvalue weighted by atomic mass is 16.5. The van der Waals surface area contributed by atoms with Crippen LogP contribution in [0.3, 0.4) is 0 Å². The van der Waals surface area contributed by atoms with Gasteiger partial charge in [0.1, 0.15) is 12.6 Å². The molecule has 0 heterocycles. The van der Waals surface area contributed by atoms with Crippen molar-refractivity contribution in [1.82, 2.24) is 0 Å². The van der Waals surface area contributed by atoms with Gasteiger partial charge in [0.15, 0.2) is 0 Å². The summed E-state index contributed by atoms with van der Waals surface area (Å²) in [4.78, 5) is 12.2. The molecule has 3 nitrogen and oxygen atoms in total. The van der Waals surface area contributed by atoms with Crippen LogP contribution in [0.2, 0.25) is 0 Å². The summed E-state index contributed by atoms with van der Waals surface area (Å²) in [7, 11) is 4.54. The Morgan fingerprint density at radius 3 is 2.36 bits per heavy atom. The van der Waals surface area contributed by atoms with E-state index < -0.39 is 0 Å². The van der Waals surface area contributed by atoms with Crippen LogP contribution in [0.4, 0.5) is 0 Å². The highest BCUT2D eigenvalue weighted by Crippen LogP contribution is 2.26. The highest BCUT2D eigenvalue weighted by Gasteiger charge is 2.32. The maximum absolute atomic E-state index is 12.2. The van der Waals surface area contributed by atoms with E-state index in [-0.39, 0.29) is 12.1 Å². The Kier molecular flexibility index (Phi) is 5.63. The minimum absolute atomic E-state index is 0.0641. The Hall–Kier alpha value is -1.35. The van der Waals surface area contributed by atoms with E-state index in [1.165, 1.54) is 32.1 Å². The normalized spacial score (nSPS) is 18.0. The zero-order valence-corrected chi connectivity index (χ0v) is 14.5. The van der Waals surface area contributed by atoms with Gasteiger partial charge in [0.25, 0.3) is 0 Å². The van der Waals surface area contributed by atoms with Crippen molar-refractivity contribution in [3.63, 3.8) is 0 Å². The van der Waals surface area contributed by atoms with Gasteiger partial charge in [-0.1, -0.05) is 24.1 Å². The third kappa shape index (κ3) is 4.57. The Morgan fingerprint density at radius 2 is 1.77 bits per heavy atom. The fourth-order valence-corrected chi connectivity index (χ4v) is 3.57. The number of carbonyl (C=O) groups is 1. The standard InChI is InChI=1S/C19H30NO2/c1-15-10-12-17(13-11-15)19(21)22-16(2)14-20(3,4)18-8-6-5-7-9-18/h10-13,16,18H,5-9,14H2,1-4H3/q+1. The molecule has 2 rings (SSSR count). The predicted octanol–water partition coefficient (Wildman–Crippen LogP) is 3.95. The molecule has 1 aliphatic carbocycles. The molecular weight excluding hydrogens is 274 g/mol. The van der Waals surface area contributed by atoms with Gasteiger partial charge >= 0.3 is 5.97 Å². The van der Waals surface area contributed by atoms with Gasteiger partial charge in [0.2, 0.25) is 0 Å². The minimum atomic E-state index is -0.212. The van der Waals surface area contributed by atoms with Gasteiger partial charge < -0.3 is 9.22 Å². The van der Waals surface area contributed by atoms with Crippen LogP contribution >= 0.6 is 0 Å². The van der Waals surface area contributed by atoms with Crippen molar-refractivity contribution in [3.8, 4) is 0 Å². The maximum atomic E-state index is 12.2. The molecule has 1 aromatic rings. The molecule has 0 aliphatic heterocycles. The number of likely N-dealkylation sites (N-methyl/N-ethyl adjacent to an activating group) is 1. The van der Waals surface area contributed by atoms with E-state index in [1.54, 1.807) is 0 Å². The summed E-state index contributed by atoms with van der Waals surface area (Å²) in [5.41, 5.74) is 1.79. The molecule has 0 saturated heterocycles. The Labute approximate surface area is 134 Å². The number of rotatable bonds is 5. The van der Waals surface area contributed by atoms with E-state index in [1.807, 2.05) is 38.1 Å². The maximum Gasteiger partial charge on any atom is 0.338 e. The van der Waals surface area contributed by atoms with Gasteiger partial charge in [-0.25, -0.2) is 4.79 Å². The molecule has 0 N–H and O–H groups in total. The summed E-state index contributed by atoms with van der Waals surface area (Å²) < 4.78 is 6.60. The summed E-state index contributed by atoms with van der Waals surface area (Å²) >= 11 is 0. The second-order valence-electron chi connectivity index (χ2n) is 7.34. The number of carbonyl (C=O) groups excluding carboxylic acids is 1. The van der Waals surface area contributed by atoms with Crippen molar-refractivity contribution in [2.24, 2.45) is 0 Å². The van der Waals surface area contributed by atoms with Gasteiger partial charge in [0.05, 0.1) is 25.7 Å². The van der Waals surface area contributed by atoms with Crippen molar-refractivity contribution in [2.75, 3.05) is 20.6 Å². The summed E-state index contributed by atoms with van der Waals surface area (Å²) in [5, 5.41) is 0. The lowest BCUT2D eigenvalue weighted by atomic mass is 9.93. The monoisotopic (exact) mass is 304 g/mol. The average Bonchev–Trinajstić information content (AvgIpc) is 2.48. The van der Waals surface area contributed by atoms with E-state index in [0.29, 0.717) is 11.6 Å². The molecule has 0 bridgehead atoms. The van der Waals surface area contributed by atoms with Gasteiger partial charge in [-0.05, 0) is 51.7 Å². The van der Waals surface area contributed by atoms with Crippen LogP contribution < -0.4 is 0 Å². The minimum Gasteiger partial charge on any atom is -0.453 e. The van der Waals surface area contributed by atoms with E-state index in [2.05, 4.69) is 14.1 Å². The first-order chi connectivity index (χ1) is 10.4. The molecule has 0 spiro atoms. The van der Waals surface area contributed by atoms with E-state index in [4.69, 9.17) is 4.74 Å². The number of esters is 1. The second kappa shape index (κ2) is 7.28. The van der Waals surface area contributed by atoms with E-state index in [9.17, 15) is 4.79 Å². The highest BCUT2D eigenvalue weighted by molar-refractivity contribution is 5.89. The Balaban J connectivity index is 1.89. The van der Waals surface area contributed by atoms with Crippen LogP contribution in [0.25, 0.3) is 0 Å². The molecule has 0 radical (unpaired) electrons. The molecule has 3 heteroatoms. The van der Waals surface area contributed by atoms with Crippen LogP contribution in [-0.2, 0) is 4.74 Å². The summed E-state index contributed by atoms with van der Waals surface area (Å²) in [6, 6.07) is 8.28. The number of ether oxygens (including phenoxy) is 1. The molecule has 1 aromatic carbocycles. The van der Waals surface area contributed by atoms with Crippen molar-refractivity contribution in [3.05, 3.63) is 35.4 Å². The fourth-order valence-electron chi connectivity index (χ4n) is 3.57. The molecule has 1 fully saturated rings. The zero-order valence-electron chi connectivity index (χ0n) is 14.5. The number of nitrogens with zero attached hydrogens (tertiary/aromatic N) is 1. The lowest BCUT2D eigenvalue weighted by Gasteiger charge is -2.41. The van der Waals surface area contributed by atoms with Gasteiger partial charge in [-0.3, -0.25) is 0 Å².